The number of hydrogen-bond acceptors (Lipinski definition) is 6. The minimum Gasteiger partial charge on any atom is -0.374 e. The maximum absolute atomic E-state index is 12.5. The van der Waals surface area contributed by atoms with E-state index in [-0.39, 0.29) is 11.7 Å². The molecule has 0 amide bonds. The predicted molar refractivity (Wildman–Crippen MR) is 89.8 cm³/mol. The summed E-state index contributed by atoms with van der Waals surface area (Å²) in [6.07, 6.45) is 7.95. The Kier molecular flexibility index (Phi) is 4.02. The highest BCUT2D eigenvalue weighted by molar-refractivity contribution is 5.55. The van der Waals surface area contributed by atoms with E-state index in [0.717, 1.165) is 19.4 Å². The Bertz CT molecular complexity index is 774. The fourth-order valence-electron chi connectivity index (χ4n) is 3.70. The van der Waals surface area contributed by atoms with E-state index >= 15 is 0 Å². The molecular formula is C17H21N5O2. The molecule has 0 bridgehead atoms. The highest BCUT2D eigenvalue weighted by Crippen LogP contribution is 2.31. The van der Waals surface area contributed by atoms with E-state index in [1.165, 1.54) is 25.2 Å². The van der Waals surface area contributed by atoms with Crippen molar-refractivity contribution in [3.8, 4) is 11.4 Å². The average molecular weight is 327 g/mol. The SMILES string of the molecule is Cn1c(N2CCO[C@H]3CCCC[C@@H]32)nc(-c2ccncn2)cc1=O. The van der Waals surface area contributed by atoms with Gasteiger partial charge in [-0.2, -0.15) is 0 Å². The van der Waals surface area contributed by atoms with Crippen LogP contribution >= 0.6 is 0 Å². The van der Waals surface area contributed by atoms with Gasteiger partial charge in [0.2, 0.25) is 5.95 Å². The molecule has 2 atom stereocenters. The lowest BCUT2D eigenvalue weighted by Crippen LogP contribution is -2.54. The van der Waals surface area contributed by atoms with Gasteiger partial charge >= 0.3 is 0 Å². The Hall–Kier alpha value is -2.28. The second kappa shape index (κ2) is 6.32. The molecule has 7 nitrogen and oxygen atoms in total. The molecule has 24 heavy (non-hydrogen) atoms. The lowest BCUT2D eigenvalue weighted by molar-refractivity contribution is -0.00959. The van der Waals surface area contributed by atoms with Crippen LogP contribution in [0.5, 0.6) is 0 Å². The van der Waals surface area contributed by atoms with Gasteiger partial charge in [0, 0.05) is 25.9 Å². The first-order valence-corrected chi connectivity index (χ1v) is 8.47. The zero-order valence-electron chi connectivity index (χ0n) is 13.8. The number of aromatic nitrogens is 4. The summed E-state index contributed by atoms with van der Waals surface area (Å²) in [6.45, 7) is 1.43. The molecule has 126 valence electrons. The Balaban J connectivity index is 1.77. The fraction of sp³-hybridized carbons (Fsp3) is 0.529. The van der Waals surface area contributed by atoms with Gasteiger partial charge in [0.05, 0.1) is 30.1 Å². The molecular weight excluding hydrogens is 306 g/mol. The highest BCUT2D eigenvalue weighted by atomic mass is 16.5. The first-order valence-electron chi connectivity index (χ1n) is 8.47. The molecule has 1 aliphatic heterocycles. The van der Waals surface area contributed by atoms with Gasteiger partial charge in [0.1, 0.15) is 6.33 Å². The zero-order chi connectivity index (χ0) is 16.5. The van der Waals surface area contributed by atoms with E-state index in [2.05, 4.69) is 14.9 Å². The Morgan fingerprint density at radius 3 is 2.96 bits per heavy atom. The van der Waals surface area contributed by atoms with E-state index in [1.807, 2.05) is 0 Å². The van der Waals surface area contributed by atoms with E-state index in [4.69, 9.17) is 9.72 Å². The molecule has 1 aliphatic carbocycles. The number of hydrogen-bond donors (Lipinski definition) is 0. The molecule has 2 aromatic rings. The normalized spacial score (nSPS) is 23.8. The number of ether oxygens (including phenoxy) is 1. The van der Waals surface area contributed by atoms with Crippen molar-refractivity contribution in [3.05, 3.63) is 35.0 Å². The number of anilines is 1. The fourth-order valence-corrected chi connectivity index (χ4v) is 3.70. The van der Waals surface area contributed by atoms with Crippen molar-refractivity contribution in [3.63, 3.8) is 0 Å². The largest absolute Gasteiger partial charge is 0.374 e. The number of nitrogens with zero attached hydrogens (tertiary/aromatic N) is 5. The second-order valence-electron chi connectivity index (χ2n) is 6.39. The van der Waals surface area contributed by atoms with Gasteiger partial charge in [0.15, 0.2) is 0 Å². The van der Waals surface area contributed by atoms with Crippen LogP contribution in [0.25, 0.3) is 11.4 Å². The maximum Gasteiger partial charge on any atom is 0.255 e. The molecule has 2 fully saturated rings. The van der Waals surface area contributed by atoms with Crippen LogP contribution in [-0.4, -0.2) is 44.8 Å². The van der Waals surface area contributed by atoms with Gasteiger partial charge < -0.3 is 9.64 Å². The smallest absolute Gasteiger partial charge is 0.255 e. The van der Waals surface area contributed by atoms with Crippen molar-refractivity contribution in [2.24, 2.45) is 7.05 Å². The quantitative estimate of drug-likeness (QED) is 0.830. The molecule has 0 radical (unpaired) electrons. The average Bonchev–Trinajstić information content (AvgIpc) is 2.64. The van der Waals surface area contributed by atoms with Crippen LogP contribution in [-0.2, 0) is 11.8 Å². The predicted octanol–water partition coefficient (Wildman–Crippen LogP) is 1.39. The van der Waals surface area contributed by atoms with Crippen LogP contribution in [0.2, 0.25) is 0 Å². The Morgan fingerprint density at radius 1 is 1.25 bits per heavy atom. The van der Waals surface area contributed by atoms with Crippen LogP contribution in [0.1, 0.15) is 25.7 Å². The van der Waals surface area contributed by atoms with Crippen molar-refractivity contribution < 1.29 is 4.74 Å². The summed E-state index contributed by atoms with van der Waals surface area (Å²) < 4.78 is 7.57. The molecule has 2 aliphatic rings. The summed E-state index contributed by atoms with van der Waals surface area (Å²) in [5.41, 5.74) is 1.18. The maximum atomic E-state index is 12.5. The van der Waals surface area contributed by atoms with Crippen LogP contribution in [0.15, 0.2) is 29.5 Å². The minimum atomic E-state index is -0.0764. The highest BCUT2D eigenvalue weighted by Gasteiger charge is 2.36. The molecule has 3 heterocycles. The second-order valence-corrected chi connectivity index (χ2v) is 6.39. The molecule has 0 unspecified atom stereocenters. The molecule has 2 aromatic heterocycles. The van der Waals surface area contributed by atoms with Gasteiger partial charge in [-0.05, 0) is 18.9 Å². The van der Waals surface area contributed by atoms with Gasteiger partial charge in [-0.1, -0.05) is 12.8 Å². The minimum absolute atomic E-state index is 0.0764. The van der Waals surface area contributed by atoms with Crippen molar-refractivity contribution >= 4 is 5.95 Å². The van der Waals surface area contributed by atoms with Gasteiger partial charge in [-0.25, -0.2) is 15.0 Å². The molecule has 0 N–H and O–H groups in total. The number of rotatable bonds is 2. The summed E-state index contributed by atoms with van der Waals surface area (Å²) in [4.78, 5) is 27.6. The summed E-state index contributed by atoms with van der Waals surface area (Å²) in [5, 5.41) is 0. The van der Waals surface area contributed by atoms with E-state index in [9.17, 15) is 4.79 Å². The first-order chi connectivity index (χ1) is 11.7. The monoisotopic (exact) mass is 327 g/mol. The van der Waals surface area contributed by atoms with Crippen LogP contribution < -0.4 is 10.5 Å². The Labute approximate surface area is 140 Å². The summed E-state index contributed by atoms with van der Waals surface area (Å²) >= 11 is 0. The zero-order valence-corrected chi connectivity index (χ0v) is 13.8. The third-order valence-corrected chi connectivity index (χ3v) is 4.94. The molecule has 1 saturated carbocycles. The van der Waals surface area contributed by atoms with Crippen molar-refractivity contribution in [1.82, 2.24) is 19.5 Å². The van der Waals surface area contributed by atoms with Gasteiger partial charge in [-0.3, -0.25) is 9.36 Å². The molecule has 1 saturated heterocycles. The van der Waals surface area contributed by atoms with E-state index in [0.29, 0.717) is 30.0 Å². The lowest BCUT2D eigenvalue weighted by atomic mass is 9.90. The molecule has 0 spiro atoms. The van der Waals surface area contributed by atoms with Crippen LogP contribution in [0.3, 0.4) is 0 Å². The van der Waals surface area contributed by atoms with E-state index in [1.54, 1.807) is 23.9 Å². The summed E-state index contributed by atoms with van der Waals surface area (Å²) in [7, 11) is 1.78. The molecule has 0 aromatic carbocycles. The summed E-state index contributed by atoms with van der Waals surface area (Å²) in [6, 6.07) is 3.60. The van der Waals surface area contributed by atoms with Gasteiger partial charge in [-0.15, -0.1) is 0 Å². The van der Waals surface area contributed by atoms with E-state index < -0.39 is 0 Å². The summed E-state index contributed by atoms with van der Waals surface area (Å²) in [5.74, 6) is 0.705. The topological polar surface area (TPSA) is 73.1 Å². The lowest BCUT2D eigenvalue weighted by Gasteiger charge is -2.44. The number of fused-ring (bicyclic) bond motifs is 1. The van der Waals surface area contributed by atoms with Crippen LogP contribution in [0.4, 0.5) is 5.95 Å². The number of morpholine rings is 1. The third kappa shape index (κ3) is 2.69. The van der Waals surface area contributed by atoms with Crippen molar-refractivity contribution in [2.75, 3.05) is 18.1 Å². The van der Waals surface area contributed by atoms with Crippen molar-refractivity contribution in [1.29, 1.82) is 0 Å². The first kappa shape index (κ1) is 15.3. The Morgan fingerprint density at radius 2 is 2.12 bits per heavy atom. The van der Waals surface area contributed by atoms with Gasteiger partial charge in [0.25, 0.3) is 5.56 Å². The van der Waals surface area contributed by atoms with Crippen molar-refractivity contribution in [2.45, 2.75) is 37.8 Å². The standard InChI is InChI=1S/C17H21N5O2/c1-21-16(23)10-13(12-6-7-18-11-19-12)20-17(21)22-8-9-24-15-5-3-2-4-14(15)22/h6-7,10-11,14-15H,2-5,8-9H2,1H3/t14-,15-/m0/s1. The third-order valence-electron chi connectivity index (χ3n) is 4.94. The van der Waals surface area contributed by atoms with Crippen LogP contribution in [0, 0.1) is 0 Å². The molecule has 4 rings (SSSR count). The molecule has 7 heteroatoms.